The number of halogens is 3. The summed E-state index contributed by atoms with van der Waals surface area (Å²) >= 11 is 0. The van der Waals surface area contributed by atoms with Gasteiger partial charge in [-0.3, -0.25) is 9.59 Å². The Balaban J connectivity index is 1.56. The first-order valence-electron chi connectivity index (χ1n) is 10.4. The number of benzene rings is 2. The van der Waals surface area contributed by atoms with Gasteiger partial charge in [0.05, 0.1) is 11.8 Å². The fourth-order valence-electron chi connectivity index (χ4n) is 3.05. The first kappa shape index (κ1) is 24.8. The molecule has 2 atom stereocenters. The molecule has 0 fully saturated rings. The van der Waals surface area contributed by atoms with Crippen LogP contribution in [0.1, 0.15) is 21.7 Å². The number of rotatable bonds is 10. The summed E-state index contributed by atoms with van der Waals surface area (Å²) < 4.78 is 48.7. The van der Waals surface area contributed by atoms with E-state index in [1.807, 2.05) is 6.07 Å². The first-order chi connectivity index (χ1) is 16.2. The molecule has 0 spiro atoms. The number of alkyl halides is 3. The van der Waals surface area contributed by atoms with Crippen molar-refractivity contribution >= 4 is 11.8 Å². The van der Waals surface area contributed by atoms with Crippen molar-refractivity contribution in [1.82, 2.24) is 10.6 Å². The smallest absolute Gasteiger partial charge is 0.416 e. The standard InChI is InChI=1S/C24H23F3N2O5/c25-24(26,27)17-8-4-9-19(13-17)34-15-18(30)14-28-22(31)20(12-16-6-2-1-3-7-16)29-23(32)21-10-5-11-33-21/h1-11,13,18,20,30H,12,14-15H2,(H,28,31)(H,29,32). The van der Waals surface area contributed by atoms with E-state index in [1.165, 1.54) is 24.5 Å². The van der Waals surface area contributed by atoms with Gasteiger partial charge in [0, 0.05) is 13.0 Å². The van der Waals surface area contributed by atoms with Crippen LogP contribution in [0.3, 0.4) is 0 Å². The summed E-state index contributed by atoms with van der Waals surface area (Å²) in [6.45, 7) is -0.580. The molecule has 0 bridgehead atoms. The summed E-state index contributed by atoms with van der Waals surface area (Å²) in [6.07, 6.45) is -4.19. The molecule has 3 N–H and O–H groups in total. The van der Waals surface area contributed by atoms with Gasteiger partial charge in [-0.15, -0.1) is 0 Å². The summed E-state index contributed by atoms with van der Waals surface area (Å²) in [5, 5.41) is 15.3. The van der Waals surface area contributed by atoms with Crippen LogP contribution in [-0.4, -0.2) is 42.2 Å². The molecular formula is C24H23F3N2O5. The maximum atomic E-state index is 12.8. The fourth-order valence-corrected chi connectivity index (χ4v) is 3.05. The molecule has 0 saturated carbocycles. The van der Waals surface area contributed by atoms with Crippen LogP contribution in [0.15, 0.2) is 77.4 Å². The molecule has 2 amide bonds. The Kier molecular flexibility index (Phi) is 8.31. The van der Waals surface area contributed by atoms with Crippen LogP contribution in [0.5, 0.6) is 5.75 Å². The number of carbonyl (C=O) groups excluding carboxylic acids is 2. The van der Waals surface area contributed by atoms with Crippen LogP contribution in [0, 0.1) is 0 Å². The second kappa shape index (κ2) is 11.4. The lowest BCUT2D eigenvalue weighted by atomic mass is 10.0. The molecule has 3 aromatic rings. The molecule has 1 heterocycles. The molecule has 7 nitrogen and oxygen atoms in total. The molecule has 3 rings (SSSR count). The zero-order valence-corrected chi connectivity index (χ0v) is 17.9. The third-order valence-electron chi connectivity index (χ3n) is 4.77. The number of amides is 2. The van der Waals surface area contributed by atoms with Gasteiger partial charge in [0.1, 0.15) is 24.5 Å². The lowest BCUT2D eigenvalue weighted by molar-refractivity contribution is -0.137. The van der Waals surface area contributed by atoms with E-state index in [1.54, 1.807) is 30.3 Å². The van der Waals surface area contributed by atoms with Crippen molar-refractivity contribution in [2.24, 2.45) is 0 Å². The van der Waals surface area contributed by atoms with Crippen molar-refractivity contribution in [2.75, 3.05) is 13.2 Å². The minimum atomic E-state index is -4.51. The van der Waals surface area contributed by atoms with Gasteiger partial charge in [0.25, 0.3) is 5.91 Å². The van der Waals surface area contributed by atoms with Crippen LogP contribution in [-0.2, 0) is 17.4 Å². The van der Waals surface area contributed by atoms with Crippen molar-refractivity contribution < 1.29 is 37.0 Å². The van der Waals surface area contributed by atoms with E-state index in [-0.39, 0.29) is 31.1 Å². The van der Waals surface area contributed by atoms with E-state index in [0.717, 1.165) is 17.7 Å². The third-order valence-corrected chi connectivity index (χ3v) is 4.77. The fraction of sp³-hybridized carbons (Fsp3) is 0.250. The second-order valence-corrected chi connectivity index (χ2v) is 7.43. The highest BCUT2D eigenvalue weighted by Crippen LogP contribution is 2.31. The molecule has 0 radical (unpaired) electrons. The maximum Gasteiger partial charge on any atom is 0.416 e. The highest BCUT2D eigenvalue weighted by atomic mass is 19.4. The van der Waals surface area contributed by atoms with Crippen LogP contribution in [0.2, 0.25) is 0 Å². The molecular weight excluding hydrogens is 453 g/mol. The largest absolute Gasteiger partial charge is 0.491 e. The summed E-state index contributed by atoms with van der Waals surface area (Å²) in [6, 6.07) is 15.3. The Hall–Kier alpha value is -3.79. The molecule has 2 aromatic carbocycles. The number of hydrogen-bond acceptors (Lipinski definition) is 5. The quantitative estimate of drug-likeness (QED) is 0.417. The predicted molar refractivity (Wildman–Crippen MR) is 116 cm³/mol. The molecule has 0 aliphatic heterocycles. The second-order valence-electron chi connectivity index (χ2n) is 7.43. The number of carbonyl (C=O) groups is 2. The first-order valence-corrected chi connectivity index (χ1v) is 10.4. The van der Waals surface area contributed by atoms with E-state index in [4.69, 9.17) is 9.15 Å². The Bertz CT molecular complexity index is 1070. The van der Waals surface area contributed by atoms with Crippen molar-refractivity contribution in [2.45, 2.75) is 24.7 Å². The summed E-state index contributed by atoms with van der Waals surface area (Å²) in [7, 11) is 0. The molecule has 0 aliphatic rings. The summed E-state index contributed by atoms with van der Waals surface area (Å²) in [5.41, 5.74) is -0.0698. The average Bonchev–Trinajstić information content (AvgIpc) is 3.36. The predicted octanol–water partition coefficient (Wildman–Crippen LogP) is 3.20. The molecule has 180 valence electrons. The van der Waals surface area contributed by atoms with E-state index in [2.05, 4.69) is 10.6 Å². The minimum Gasteiger partial charge on any atom is -0.491 e. The number of furan rings is 1. The molecule has 2 unspecified atom stereocenters. The Morgan fingerprint density at radius 2 is 1.79 bits per heavy atom. The number of aliphatic hydroxyl groups excluding tert-OH is 1. The van der Waals surface area contributed by atoms with Crippen molar-refractivity contribution in [3.63, 3.8) is 0 Å². The Morgan fingerprint density at radius 3 is 2.47 bits per heavy atom. The molecule has 10 heteroatoms. The Morgan fingerprint density at radius 1 is 1.03 bits per heavy atom. The molecule has 0 saturated heterocycles. The van der Waals surface area contributed by atoms with Gasteiger partial charge in [0.2, 0.25) is 5.91 Å². The van der Waals surface area contributed by atoms with Crippen molar-refractivity contribution in [3.05, 3.63) is 89.9 Å². The van der Waals surface area contributed by atoms with E-state index in [0.29, 0.717) is 0 Å². The highest BCUT2D eigenvalue weighted by Gasteiger charge is 2.30. The lowest BCUT2D eigenvalue weighted by Gasteiger charge is -2.20. The van der Waals surface area contributed by atoms with Gasteiger partial charge in [-0.2, -0.15) is 13.2 Å². The zero-order chi connectivity index (χ0) is 24.6. The SMILES string of the molecule is O=C(NC(Cc1ccccc1)C(=O)NCC(O)COc1cccc(C(F)(F)F)c1)c1ccco1. The van der Waals surface area contributed by atoms with Gasteiger partial charge in [-0.1, -0.05) is 36.4 Å². The normalized spacial score (nSPS) is 13.1. The molecule has 34 heavy (non-hydrogen) atoms. The van der Waals surface area contributed by atoms with Crippen molar-refractivity contribution in [3.8, 4) is 5.75 Å². The number of aliphatic hydroxyl groups is 1. The van der Waals surface area contributed by atoms with Gasteiger partial charge in [-0.05, 0) is 35.9 Å². The van der Waals surface area contributed by atoms with Gasteiger partial charge in [-0.25, -0.2) is 0 Å². The average molecular weight is 476 g/mol. The monoisotopic (exact) mass is 476 g/mol. The maximum absolute atomic E-state index is 12.8. The van der Waals surface area contributed by atoms with Crippen LogP contribution in [0.25, 0.3) is 0 Å². The van der Waals surface area contributed by atoms with Gasteiger partial charge < -0.3 is 24.9 Å². The number of hydrogen-bond donors (Lipinski definition) is 3. The van der Waals surface area contributed by atoms with Gasteiger partial charge >= 0.3 is 6.18 Å². The third kappa shape index (κ3) is 7.38. The lowest BCUT2D eigenvalue weighted by Crippen LogP contribution is -2.49. The Labute approximate surface area is 193 Å². The molecule has 0 aliphatic carbocycles. The van der Waals surface area contributed by atoms with E-state index < -0.39 is 35.7 Å². The van der Waals surface area contributed by atoms with Crippen molar-refractivity contribution in [1.29, 1.82) is 0 Å². The summed E-state index contributed by atoms with van der Waals surface area (Å²) in [4.78, 5) is 25.1. The topological polar surface area (TPSA) is 101 Å². The van der Waals surface area contributed by atoms with Crippen LogP contribution < -0.4 is 15.4 Å². The zero-order valence-electron chi connectivity index (χ0n) is 17.9. The highest BCUT2D eigenvalue weighted by molar-refractivity contribution is 5.95. The minimum absolute atomic E-state index is 0.0420. The van der Waals surface area contributed by atoms with Gasteiger partial charge in [0.15, 0.2) is 5.76 Å². The number of ether oxygens (including phenoxy) is 1. The molecule has 1 aromatic heterocycles. The number of nitrogens with one attached hydrogen (secondary N) is 2. The van der Waals surface area contributed by atoms with E-state index >= 15 is 0 Å². The van der Waals surface area contributed by atoms with Crippen LogP contribution >= 0.6 is 0 Å². The van der Waals surface area contributed by atoms with Crippen LogP contribution in [0.4, 0.5) is 13.2 Å². The van der Waals surface area contributed by atoms with E-state index in [9.17, 15) is 27.9 Å². The summed E-state index contributed by atoms with van der Waals surface area (Å²) in [5.74, 6) is -1.15.